The smallest absolute Gasteiger partial charge is 0.118 e. The van der Waals surface area contributed by atoms with Gasteiger partial charge in [-0.05, 0) is 56.6 Å². The lowest BCUT2D eigenvalue weighted by molar-refractivity contribution is 0.414. The molecule has 1 aromatic carbocycles. The van der Waals surface area contributed by atoms with Crippen LogP contribution >= 0.6 is 11.8 Å². The van der Waals surface area contributed by atoms with Crippen molar-refractivity contribution in [3.8, 4) is 5.75 Å². The molecule has 1 atom stereocenters. The number of hydrogen-bond acceptors (Lipinski definition) is 3. The minimum Gasteiger partial charge on any atom is -0.497 e. The number of rotatable bonds is 10. The van der Waals surface area contributed by atoms with Gasteiger partial charge in [0, 0.05) is 17.3 Å². The van der Waals surface area contributed by atoms with Crippen LogP contribution in [0.15, 0.2) is 24.3 Å². The molecule has 0 aromatic heterocycles. The molecule has 0 heterocycles. The van der Waals surface area contributed by atoms with E-state index in [0.717, 1.165) is 18.7 Å². The molecule has 0 radical (unpaired) electrons. The summed E-state index contributed by atoms with van der Waals surface area (Å²) in [5.74, 6) is 0.931. The first-order valence-corrected chi connectivity index (χ1v) is 9.23. The molecule has 0 aliphatic rings. The maximum atomic E-state index is 5.19. The third-order valence-electron chi connectivity index (χ3n) is 4.52. The Bertz CT molecular complexity index is 378. The van der Waals surface area contributed by atoms with Crippen LogP contribution in [-0.2, 0) is 6.42 Å². The van der Waals surface area contributed by atoms with Crippen molar-refractivity contribution in [1.82, 2.24) is 5.32 Å². The third kappa shape index (κ3) is 5.91. The Morgan fingerprint density at radius 2 is 1.81 bits per heavy atom. The summed E-state index contributed by atoms with van der Waals surface area (Å²) in [4.78, 5) is 0. The van der Waals surface area contributed by atoms with Gasteiger partial charge in [-0.1, -0.05) is 26.0 Å². The molecule has 0 saturated heterocycles. The van der Waals surface area contributed by atoms with Crippen molar-refractivity contribution in [2.24, 2.45) is 0 Å². The predicted octanol–water partition coefficient (Wildman–Crippen LogP) is 4.53. The van der Waals surface area contributed by atoms with Crippen molar-refractivity contribution in [2.45, 2.75) is 57.2 Å². The molecule has 0 fully saturated rings. The second-order valence-electron chi connectivity index (χ2n) is 5.76. The number of thioether (sulfide) groups is 1. The van der Waals surface area contributed by atoms with Crippen molar-refractivity contribution < 1.29 is 4.74 Å². The number of benzene rings is 1. The Hall–Kier alpha value is -0.670. The standard InChI is InChI=1S/C18H31NOS/c1-6-18(7-2,21-5)14-19-15(3)8-9-16-10-12-17(20-4)13-11-16/h10-13,15,19H,6-9,14H2,1-5H3. The first kappa shape index (κ1) is 18.4. The van der Waals surface area contributed by atoms with Crippen LogP contribution in [0.4, 0.5) is 0 Å². The molecule has 120 valence electrons. The fraction of sp³-hybridized carbons (Fsp3) is 0.667. The number of hydrogen-bond donors (Lipinski definition) is 1. The van der Waals surface area contributed by atoms with Crippen molar-refractivity contribution in [3.05, 3.63) is 29.8 Å². The van der Waals surface area contributed by atoms with E-state index < -0.39 is 0 Å². The summed E-state index contributed by atoms with van der Waals surface area (Å²) in [7, 11) is 1.71. The molecule has 1 N–H and O–H groups in total. The number of ether oxygens (including phenoxy) is 1. The normalized spacial score (nSPS) is 13.2. The lowest BCUT2D eigenvalue weighted by Gasteiger charge is -2.31. The maximum absolute atomic E-state index is 5.19. The molecule has 1 unspecified atom stereocenters. The summed E-state index contributed by atoms with van der Waals surface area (Å²) in [6.07, 6.45) is 6.97. The van der Waals surface area contributed by atoms with Gasteiger partial charge in [-0.2, -0.15) is 11.8 Å². The van der Waals surface area contributed by atoms with Gasteiger partial charge in [0.25, 0.3) is 0 Å². The average Bonchev–Trinajstić information content (AvgIpc) is 2.55. The topological polar surface area (TPSA) is 21.3 Å². The Kier molecular flexibility index (Phi) is 8.20. The maximum Gasteiger partial charge on any atom is 0.118 e. The van der Waals surface area contributed by atoms with Gasteiger partial charge in [0.2, 0.25) is 0 Å². The quantitative estimate of drug-likeness (QED) is 0.686. The number of methoxy groups -OCH3 is 1. The van der Waals surface area contributed by atoms with E-state index in [-0.39, 0.29) is 0 Å². The molecule has 0 aliphatic heterocycles. The number of aryl methyl sites for hydroxylation is 1. The zero-order valence-corrected chi connectivity index (χ0v) is 15.1. The van der Waals surface area contributed by atoms with Crippen molar-refractivity contribution in [2.75, 3.05) is 19.9 Å². The van der Waals surface area contributed by atoms with Gasteiger partial charge in [-0.3, -0.25) is 0 Å². The van der Waals surface area contributed by atoms with E-state index in [9.17, 15) is 0 Å². The molecule has 1 rings (SSSR count). The zero-order chi connectivity index (χ0) is 15.7. The third-order valence-corrected chi connectivity index (χ3v) is 6.11. The van der Waals surface area contributed by atoms with Gasteiger partial charge < -0.3 is 10.1 Å². The fourth-order valence-electron chi connectivity index (χ4n) is 2.50. The van der Waals surface area contributed by atoms with Crippen molar-refractivity contribution in [3.63, 3.8) is 0 Å². The molecule has 0 bridgehead atoms. The lowest BCUT2D eigenvalue weighted by atomic mass is 10.0. The van der Waals surface area contributed by atoms with Gasteiger partial charge >= 0.3 is 0 Å². The van der Waals surface area contributed by atoms with E-state index in [1.54, 1.807) is 7.11 Å². The monoisotopic (exact) mass is 309 g/mol. The first-order valence-electron chi connectivity index (χ1n) is 8.00. The second kappa shape index (κ2) is 9.37. The summed E-state index contributed by atoms with van der Waals surface area (Å²) in [5.41, 5.74) is 1.38. The van der Waals surface area contributed by atoms with E-state index in [1.807, 2.05) is 23.9 Å². The van der Waals surface area contributed by atoms with Crippen LogP contribution < -0.4 is 10.1 Å². The van der Waals surface area contributed by atoms with Gasteiger partial charge in [-0.25, -0.2) is 0 Å². The fourth-order valence-corrected chi connectivity index (χ4v) is 3.30. The van der Waals surface area contributed by atoms with E-state index >= 15 is 0 Å². The highest BCUT2D eigenvalue weighted by molar-refractivity contribution is 8.00. The molecule has 1 aromatic rings. The largest absolute Gasteiger partial charge is 0.497 e. The van der Waals surface area contributed by atoms with Crippen molar-refractivity contribution in [1.29, 1.82) is 0 Å². The summed E-state index contributed by atoms with van der Waals surface area (Å²) >= 11 is 2.00. The van der Waals surface area contributed by atoms with Gasteiger partial charge in [0.1, 0.15) is 5.75 Å². The summed E-state index contributed by atoms with van der Waals surface area (Å²) in [6, 6.07) is 8.96. The average molecular weight is 310 g/mol. The zero-order valence-electron chi connectivity index (χ0n) is 14.2. The van der Waals surface area contributed by atoms with Crippen molar-refractivity contribution >= 4 is 11.8 Å². The molecular weight excluding hydrogens is 278 g/mol. The Morgan fingerprint density at radius 3 is 2.29 bits per heavy atom. The van der Waals surface area contributed by atoms with E-state index in [1.165, 1.54) is 24.8 Å². The Morgan fingerprint density at radius 1 is 1.19 bits per heavy atom. The van der Waals surface area contributed by atoms with Crippen LogP contribution in [0.1, 0.15) is 45.6 Å². The molecular formula is C18H31NOS. The second-order valence-corrected chi connectivity index (χ2v) is 7.04. The van der Waals surface area contributed by atoms with Gasteiger partial charge in [-0.15, -0.1) is 0 Å². The molecule has 0 aliphatic carbocycles. The van der Waals surface area contributed by atoms with E-state index in [4.69, 9.17) is 4.74 Å². The number of nitrogens with one attached hydrogen (secondary N) is 1. The molecule has 0 saturated carbocycles. The van der Waals surface area contributed by atoms with E-state index in [0.29, 0.717) is 10.8 Å². The van der Waals surface area contributed by atoms with Gasteiger partial charge in [0.05, 0.1) is 7.11 Å². The Balaban J connectivity index is 2.37. The summed E-state index contributed by atoms with van der Waals surface area (Å²) < 4.78 is 5.59. The highest BCUT2D eigenvalue weighted by atomic mass is 32.2. The van der Waals surface area contributed by atoms with Crippen LogP contribution in [0.25, 0.3) is 0 Å². The predicted molar refractivity (Wildman–Crippen MR) is 95.6 cm³/mol. The minimum atomic E-state index is 0.397. The highest BCUT2D eigenvalue weighted by Crippen LogP contribution is 2.29. The molecule has 0 amide bonds. The van der Waals surface area contributed by atoms with Crippen LogP contribution in [0.3, 0.4) is 0 Å². The highest BCUT2D eigenvalue weighted by Gasteiger charge is 2.24. The van der Waals surface area contributed by atoms with Gasteiger partial charge in [0.15, 0.2) is 0 Å². The molecule has 3 heteroatoms. The molecule has 21 heavy (non-hydrogen) atoms. The molecule has 0 spiro atoms. The lowest BCUT2D eigenvalue weighted by Crippen LogP contribution is -2.40. The van der Waals surface area contributed by atoms with E-state index in [2.05, 4.69) is 44.5 Å². The Labute approximate surface area is 135 Å². The SMILES string of the molecule is CCC(CC)(CNC(C)CCc1ccc(OC)cc1)SC. The minimum absolute atomic E-state index is 0.397. The van der Waals surface area contributed by atoms with Crippen LogP contribution in [0, 0.1) is 0 Å². The van der Waals surface area contributed by atoms with Crippen LogP contribution in [0.5, 0.6) is 5.75 Å². The molecule has 2 nitrogen and oxygen atoms in total. The summed E-state index contributed by atoms with van der Waals surface area (Å²) in [6.45, 7) is 7.98. The summed E-state index contributed by atoms with van der Waals surface area (Å²) in [5, 5.41) is 3.72. The van der Waals surface area contributed by atoms with Crippen LogP contribution in [0.2, 0.25) is 0 Å². The van der Waals surface area contributed by atoms with Crippen LogP contribution in [-0.4, -0.2) is 30.7 Å². The first-order chi connectivity index (χ1) is 10.1.